The van der Waals surface area contributed by atoms with Crippen LogP contribution in [0.4, 0.5) is 5.69 Å². The fourth-order valence-corrected chi connectivity index (χ4v) is 4.69. The molecule has 5 nitrogen and oxygen atoms in total. The third kappa shape index (κ3) is 3.25. The van der Waals surface area contributed by atoms with Crippen LogP contribution in [0.3, 0.4) is 0 Å². The van der Waals surface area contributed by atoms with Crippen LogP contribution in [0.2, 0.25) is 4.47 Å². The van der Waals surface area contributed by atoms with Crippen LogP contribution in [0.25, 0.3) is 0 Å². The third-order valence-corrected chi connectivity index (χ3v) is 5.95. The van der Waals surface area contributed by atoms with E-state index in [0.717, 1.165) is 11.3 Å². The predicted molar refractivity (Wildman–Crippen MR) is 79.3 cm³/mol. The van der Waals surface area contributed by atoms with Gasteiger partial charge in [-0.05, 0) is 41.9 Å². The Bertz CT molecular complexity index is 730. The maximum Gasteiger partial charge on any atom is 0.273 e. The van der Waals surface area contributed by atoms with Gasteiger partial charge in [-0.25, -0.2) is 18.4 Å². The largest absolute Gasteiger partial charge is 0.277 e. The number of anilines is 1. The molecular weight excluding hydrogens is 374 g/mol. The van der Waals surface area contributed by atoms with Crippen molar-refractivity contribution in [1.82, 2.24) is 9.97 Å². The Labute approximate surface area is 128 Å². The summed E-state index contributed by atoms with van der Waals surface area (Å²) in [4.78, 5) is 8.03. The number of pyridine rings is 1. The second-order valence-electron chi connectivity index (χ2n) is 3.71. The Hall–Kier alpha value is -0.700. The second-order valence-corrected chi connectivity index (χ2v) is 7.98. The van der Waals surface area contributed by atoms with Crippen molar-refractivity contribution in [3.05, 3.63) is 32.6 Å². The number of halogens is 2. The van der Waals surface area contributed by atoms with E-state index in [-0.39, 0.29) is 8.68 Å². The predicted octanol–water partition coefficient (Wildman–Crippen LogP) is 3.37. The van der Waals surface area contributed by atoms with Crippen molar-refractivity contribution in [2.45, 2.75) is 18.1 Å². The van der Waals surface area contributed by atoms with E-state index < -0.39 is 10.0 Å². The number of rotatable bonds is 3. The molecule has 0 radical (unpaired) electrons. The Kier molecular flexibility index (Phi) is 4.14. The zero-order valence-corrected chi connectivity index (χ0v) is 13.9. The lowest BCUT2D eigenvalue weighted by Crippen LogP contribution is -2.14. The van der Waals surface area contributed by atoms with Crippen molar-refractivity contribution in [3.8, 4) is 0 Å². The fraction of sp³-hybridized carbons (Fsp3) is 0.200. The van der Waals surface area contributed by atoms with Gasteiger partial charge < -0.3 is 0 Å². The standard InChI is InChI=1S/C10H9BrClN3O2S2/c1-5-7(3-4-8(11)13-5)15-19(16,17)9-6(2)14-10(12)18-9/h3-4,15H,1-2H3. The molecule has 2 heterocycles. The Balaban J connectivity index is 2.39. The van der Waals surface area contributed by atoms with Gasteiger partial charge in [-0.2, -0.15) is 0 Å². The molecule has 0 unspecified atom stereocenters. The van der Waals surface area contributed by atoms with Crippen molar-refractivity contribution in [2.24, 2.45) is 0 Å². The molecule has 0 aliphatic carbocycles. The van der Waals surface area contributed by atoms with E-state index in [1.54, 1.807) is 26.0 Å². The Morgan fingerprint density at radius 3 is 2.47 bits per heavy atom. The molecule has 0 aliphatic rings. The first kappa shape index (κ1) is 14.7. The first-order chi connectivity index (χ1) is 8.79. The number of nitrogens with one attached hydrogen (secondary N) is 1. The van der Waals surface area contributed by atoms with Gasteiger partial charge >= 0.3 is 0 Å². The van der Waals surface area contributed by atoms with E-state index in [2.05, 4.69) is 30.6 Å². The van der Waals surface area contributed by atoms with E-state index in [0.29, 0.717) is 21.7 Å². The number of hydrogen-bond donors (Lipinski definition) is 1. The SMILES string of the molecule is Cc1nc(Br)ccc1NS(=O)(=O)c1sc(Cl)nc1C. The molecule has 102 valence electrons. The van der Waals surface area contributed by atoms with Crippen LogP contribution >= 0.6 is 38.9 Å². The minimum atomic E-state index is -3.69. The summed E-state index contributed by atoms with van der Waals surface area (Å²) >= 11 is 9.87. The van der Waals surface area contributed by atoms with Gasteiger partial charge in [0.05, 0.1) is 17.1 Å². The second kappa shape index (κ2) is 5.35. The highest BCUT2D eigenvalue weighted by Crippen LogP contribution is 2.29. The van der Waals surface area contributed by atoms with Gasteiger partial charge in [0.15, 0.2) is 8.68 Å². The first-order valence-electron chi connectivity index (χ1n) is 5.08. The van der Waals surface area contributed by atoms with Gasteiger partial charge in [0.2, 0.25) is 0 Å². The summed E-state index contributed by atoms with van der Waals surface area (Å²) in [5.74, 6) is 0. The topological polar surface area (TPSA) is 72.0 Å². The molecule has 19 heavy (non-hydrogen) atoms. The van der Waals surface area contributed by atoms with Crippen LogP contribution in [0.5, 0.6) is 0 Å². The summed E-state index contributed by atoms with van der Waals surface area (Å²) in [5, 5.41) is 0. The number of hydrogen-bond acceptors (Lipinski definition) is 5. The maximum atomic E-state index is 12.2. The third-order valence-electron chi connectivity index (χ3n) is 2.27. The zero-order valence-electron chi connectivity index (χ0n) is 9.94. The number of aryl methyl sites for hydroxylation is 2. The van der Waals surface area contributed by atoms with Crippen molar-refractivity contribution in [1.29, 1.82) is 0 Å². The molecule has 0 spiro atoms. The molecule has 0 aliphatic heterocycles. The lowest BCUT2D eigenvalue weighted by molar-refractivity contribution is 0.602. The van der Waals surface area contributed by atoms with Crippen LogP contribution in [-0.2, 0) is 10.0 Å². The molecule has 2 aromatic rings. The van der Waals surface area contributed by atoms with Gasteiger partial charge in [-0.15, -0.1) is 0 Å². The smallest absolute Gasteiger partial charge is 0.273 e. The molecular formula is C10H9BrClN3O2S2. The van der Waals surface area contributed by atoms with E-state index >= 15 is 0 Å². The zero-order chi connectivity index (χ0) is 14.2. The number of sulfonamides is 1. The molecule has 0 aromatic carbocycles. The summed E-state index contributed by atoms with van der Waals surface area (Å²) in [5.41, 5.74) is 1.38. The maximum absolute atomic E-state index is 12.2. The molecule has 2 rings (SSSR count). The lowest BCUT2D eigenvalue weighted by Gasteiger charge is -2.09. The molecule has 0 bridgehead atoms. The Morgan fingerprint density at radius 1 is 1.26 bits per heavy atom. The summed E-state index contributed by atoms with van der Waals surface area (Å²) in [6.45, 7) is 3.32. The van der Waals surface area contributed by atoms with E-state index in [1.807, 2.05) is 0 Å². The summed E-state index contributed by atoms with van der Waals surface area (Å²) in [7, 11) is -3.69. The van der Waals surface area contributed by atoms with Gasteiger partial charge in [-0.1, -0.05) is 22.9 Å². The van der Waals surface area contributed by atoms with Crippen LogP contribution in [0.1, 0.15) is 11.4 Å². The highest BCUT2D eigenvalue weighted by molar-refractivity contribution is 9.10. The fourth-order valence-electron chi connectivity index (χ4n) is 1.43. The molecule has 1 N–H and O–H groups in total. The van der Waals surface area contributed by atoms with Crippen molar-refractivity contribution in [2.75, 3.05) is 4.72 Å². The number of nitrogens with zero attached hydrogens (tertiary/aromatic N) is 2. The Morgan fingerprint density at radius 2 is 1.95 bits per heavy atom. The van der Waals surface area contributed by atoms with Gasteiger partial charge in [0.25, 0.3) is 10.0 Å². The van der Waals surface area contributed by atoms with Crippen LogP contribution in [0.15, 0.2) is 20.9 Å². The van der Waals surface area contributed by atoms with E-state index in [4.69, 9.17) is 11.6 Å². The molecule has 0 atom stereocenters. The van der Waals surface area contributed by atoms with Crippen molar-refractivity contribution in [3.63, 3.8) is 0 Å². The molecule has 2 aromatic heterocycles. The molecule has 0 saturated carbocycles. The van der Waals surface area contributed by atoms with Crippen LogP contribution in [0, 0.1) is 13.8 Å². The van der Waals surface area contributed by atoms with E-state index in [9.17, 15) is 8.42 Å². The average Bonchev–Trinajstić information content (AvgIpc) is 2.63. The number of thiazole rings is 1. The highest BCUT2D eigenvalue weighted by Gasteiger charge is 2.22. The molecule has 0 saturated heterocycles. The lowest BCUT2D eigenvalue weighted by atomic mass is 10.3. The minimum absolute atomic E-state index is 0.111. The summed E-state index contributed by atoms with van der Waals surface area (Å²) < 4.78 is 27.9. The molecule has 0 amide bonds. The molecule has 9 heteroatoms. The van der Waals surface area contributed by atoms with Crippen LogP contribution < -0.4 is 4.72 Å². The minimum Gasteiger partial charge on any atom is -0.277 e. The summed E-state index contributed by atoms with van der Waals surface area (Å²) in [6, 6.07) is 3.30. The van der Waals surface area contributed by atoms with E-state index in [1.165, 1.54) is 0 Å². The van der Waals surface area contributed by atoms with Gasteiger partial charge in [-0.3, -0.25) is 4.72 Å². The monoisotopic (exact) mass is 381 g/mol. The van der Waals surface area contributed by atoms with Crippen LogP contribution in [-0.4, -0.2) is 18.4 Å². The normalized spacial score (nSPS) is 11.6. The van der Waals surface area contributed by atoms with Crippen molar-refractivity contribution >= 4 is 54.6 Å². The first-order valence-corrected chi connectivity index (χ1v) is 8.55. The van der Waals surface area contributed by atoms with Gasteiger partial charge in [0.1, 0.15) is 4.60 Å². The quantitative estimate of drug-likeness (QED) is 0.826. The number of aromatic nitrogens is 2. The highest BCUT2D eigenvalue weighted by atomic mass is 79.9. The summed E-state index contributed by atoms with van der Waals surface area (Å²) in [6.07, 6.45) is 0. The van der Waals surface area contributed by atoms with Gasteiger partial charge in [0, 0.05) is 0 Å². The average molecular weight is 383 g/mol. The van der Waals surface area contributed by atoms with Crippen molar-refractivity contribution < 1.29 is 8.42 Å². The molecule has 0 fully saturated rings.